The molecule has 1 saturated heterocycles. The maximum absolute atomic E-state index is 10.4. The Morgan fingerprint density at radius 3 is 2.78 bits per heavy atom. The van der Waals surface area contributed by atoms with Crippen molar-refractivity contribution in [2.75, 3.05) is 5.73 Å². The molecule has 4 atom stereocenters. The summed E-state index contributed by atoms with van der Waals surface area (Å²) < 4.78 is 7.43. The Kier molecular flexibility index (Phi) is 4.05. The van der Waals surface area contributed by atoms with E-state index < -0.39 is 24.5 Å². The van der Waals surface area contributed by atoms with Crippen molar-refractivity contribution < 1.29 is 14.9 Å². The second-order valence-corrected chi connectivity index (χ2v) is 6.68. The Bertz CT molecular complexity index is 734. The molecule has 1 fully saturated rings. The summed E-state index contributed by atoms with van der Waals surface area (Å²) in [6, 6.07) is 0. The first-order chi connectivity index (χ1) is 10.8. The fourth-order valence-corrected chi connectivity index (χ4v) is 2.85. The number of hydrogen-bond acceptors (Lipinski definition) is 8. The van der Waals surface area contributed by atoms with Gasteiger partial charge in [0.15, 0.2) is 17.7 Å². The average Bonchev–Trinajstić information content (AvgIpc) is 3.05. The van der Waals surface area contributed by atoms with Gasteiger partial charge in [-0.1, -0.05) is 26.1 Å². The molecule has 0 radical (unpaired) electrons. The number of nitrogens with two attached hydrogens (primary N) is 1. The van der Waals surface area contributed by atoms with E-state index in [0.29, 0.717) is 17.6 Å². The van der Waals surface area contributed by atoms with Crippen molar-refractivity contribution in [3.63, 3.8) is 0 Å². The monoisotopic (exact) mass is 337 g/mol. The molecule has 2 aromatic heterocycles. The number of aliphatic hydroxyl groups is 2. The first-order valence-corrected chi connectivity index (χ1v) is 7.72. The van der Waals surface area contributed by atoms with E-state index >= 15 is 0 Å². The van der Waals surface area contributed by atoms with Crippen LogP contribution in [0.25, 0.3) is 11.2 Å². The van der Waals surface area contributed by atoms with Gasteiger partial charge in [0.25, 0.3) is 0 Å². The molecule has 124 valence electrons. The number of aromatic nitrogens is 4. The van der Waals surface area contributed by atoms with Gasteiger partial charge in [-0.2, -0.15) is 0 Å². The van der Waals surface area contributed by atoms with Crippen molar-refractivity contribution in [1.82, 2.24) is 19.5 Å². The van der Waals surface area contributed by atoms with Crippen molar-refractivity contribution in [1.29, 1.82) is 0 Å². The zero-order chi connectivity index (χ0) is 16.8. The quantitative estimate of drug-likeness (QED) is 0.688. The molecule has 23 heavy (non-hydrogen) atoms. The van der Waals surface area contributed by atoms with Crippen LogP contribution in [0.1, 0.15) is 26.5 Å². The van der Waals surface area contributed by atoms with Crippen LogP contribution in [0.3, 0.4) is 0 Å². The smallest absolute Gasteiger partial charge is 0.167 e. The minimum atomic E-state index is -1.10. The van der Waals surface area contributed by atoms with Gasteiger partial charge in [0, 0.05) is 0 Å². The molecule has 3 heterocycles. The molecular weight excluding hydrogens is 318 g/mol. The highest BCUT2D eigenvalue weighted by Gasteiger charge is 2.45. The lowest BCUT2D eigenvalue weighted by Gasteiger charge is -2.24. The standard InChI is InChI=1S/C14H19N5O3S/c1-14(2,4-23)3-7-9(20)10(21)13(22-7)19-6-18-8-11(15)16-5-17-12(8)19/h4-7,9-10,13,20-21H,3H2,1-2H3,(H2,15,16,17)/t7-,9-,10-,13-/m1/s1. The third-order valence-corrected chi connectivity index (χ3v) is 4.68. The normalized spacial score (nSPS) is 28.3. The molecule has 1 aliphatic rings. The minimum Gasteiger partial charge on any atom is -0.388 e. The van der Waals surface area contributed by atoms with Crippen LogP contribution in [0.4, 0.5) is 5.82 Å². The van der Waals surface area contributed by atoms with Gasteiger partial charge in [-0.15, -0.1) is 0 Å². The highest BCUT2D eigenvalue weighted by atomic mass is 32.1. The zero-order valence-electron chi connectivity index (χ0n) is 12.8. The zero-order valence-corrected chi connectivity index (χ0v) is 13.6. The van der Waals surface area contributed by atoms with Crippen LogP contribution in [0, 0.1) is 5.41 Å². The number of imidazole rings is 1. The van der Waals surface area contributed by atoms with Crippen molar-refractivity contribution in [2.24, 2.45) is 5.41 Å². The van der Waals surface area contributed by atoms with Crippen molar-refractivity contribution >= 4 is 34.6 Å². The van der Waals surface area contributed by atoms with Crippen molar-refractivity contribution in [2.45, 2.75) is 44.8 Å². The largest absolute Gasteiger partial charge is 0.388 e. The predicted octanol–water partition coefficient (Wildman–Crippen LogP) is 0.444. The summed E-state index contributed by atoms with van der Waals surface area (Å²) in [6.45, 7) is 3.91. The SMILES string of the molecule is CC(C)(C=S)C[C@H]1O[C@@H](n2cnc3c(N)ncnc32)[C@H](O)[C@@H]1O. The van der Waals surface area contributed by atoms with Gasteiger partial charge in [-0.25, -0.2) is 15.0 Å². The summed E-state index contributed by atoms with van der Waals surface area (Å²) in [6.07, 6.45) is -0.172. The van der Waals surface area contributed by atoms with Crippen LogP contribution in [-0.2, 0) is 4.74 Å². The highest BCUT2D eigenvalue weighted by Crippen LogP contribution is 2.36. The Balaban J connectivity index is 1.91. The van der Waals surface area contributed by atoms with Crippen LogP contribution in [0.15, 0.2) is 12.7 Å². The summed E-state index contributed by atoms with van der Waals surface area (Å²) in [5, 5.41) is 22.3. The van der Waals surface area contributed by atoms with E-state index in [4.69, 9.17) is 22.7 Å². The van der Waals surface area contributed by atoms with Gasteiger partial charge in [-0.3, -0.25) is 4.57 Å². The van der Waals surface area contributed by atoms with E-state index in [1.54, 1.807) is 9.93 Å². The van der Waals surface area contributed by atoms with Crippen molar-refractivity contribution in [3.8, 4) is 0 Å². The van der Waals surface area contributed by atoms with Crippen LogP contribution < -0.4 is 5.73 Å². The molecule has 0 aromatic carbocycles. The fourth-order valence-electron chi connectivity index (χ4n) is 2.75. The average molecular weight is 337 g/mol. The molecule has 0 amide bonds. The van der Waals surface area contributed by atoms with Gasteiger partial charge in [0.1, 0.15) is 24.1 Å². The maximum Gasteiger partial charge on any atom is 0.167 e. The maximum atomic E-state index is 10.4. The number of nitrogen functional groups attached to an aromatic ring is 1. The third-order valence-electron chi connectivity index (χ3n) is 4.04. The van der Waals surface area contributed by atoms with E-state index in [1.807, 2.05) is 13.8 Å². The number of ether oxygens (including phenoxy) is 1. The van der Waals surface area contributed by atoms with Gasteiger partial charge in [-0.05, 0) is 17.2 Å². The number of nitrogens with zero attached hydrogens (tertiary/aromatic N) is 4. The molecule has 0 aliphatic carbocycles. The number of aliphatic hydroxyl groups excluding tert-OH is 2. The molecule has 8 nitrogen and oxygen atoms in total. The molecule has 3 rings (SSSR count). The van der Waals surface area contributed by atoms with Crippen LogP contribution in [-0.4, -0.2) is 53.4 Å². The Morgan fingerprint density at radius 2 is 2.09 bits per heavy atom. The molecule has 9 heteroatoms. The van der Waals surface area contributed by atoms with Crippen LogP contribution >= 0.6 is 12.2 Å². The lowest BCUT2D eigenvalue weighted by atomic mass is 9.87. The van der Waals surface area contributed by atoms with Gasteiger partial charge >= 0.3 is 0 Å². The molecular formula is C14H19N5O3S. The summed E-state index contributed by atoms with van der Waals surface area (Å²) in [5.41, 5.74) is 6.35. The molecule has 0 saturated carbocycles. The summed E-state index contributed by atoms with van der Waals surface area (Å²) in [4.78, 5) is 12.2. The highest BCUT2D eigenvalue weighted by molar-refractivity contribution is 7.79. The summed E-state index contributed by atoms with van der Waals surface area (Å²) in [5.74, 6) is 0.250. The van der Waals surface area contributed by atoms with Gasteiger partial charge in [0.2, 0.25) is 0 Å². The van der Waals surface area contributed by atoms with Crippen LogP contribution in [0.2, 0.25) is 0 Å². The molecule has 4 N–H and O–H groups in total. The number of rotatable bonds is 4. The van der Waals surface area contributed by atoms with Gasteiger partial charge < -0.3 is 20.7 Å². The molecule has 0 spiro atoms. The minimum absolute atomic E-state index is 0.250. The second kappa shape index (κ2) is 5.75. The fraction of sp³-hybridized carbons (Fsp3) is 0.571. The molecule has 2 aromatic rings. The van der Waals surface area contributed by atoms with E-state index in [1.165, 1.54) is 12.7 Å². The van der Waals surface area contributed by atoms with Gasteiger partial charge in [0.05, 0.1) is 12.4 Å². The summed E-state index contributed by atoms with van der Waals surface area (Å²) >= 11 is 5.01. The topological polar surface area (TPSA) is 119 Å². The number of fused-ring (bicyclic) bond motifs is 1. The van der Waals surface area contributed by atoms with E-state index in [2.05, 4.69) is 15.0 Å². The Morgan fingerprint density at radius 1 is 1.35 bits per heavy atom. The van der Waals surface area contributed by atoms with Crippen molar-refractivity contribution in [3.05, 3.63) is 12.7 Å². The van der Waals surface area contributed by atoms with Crippen LogP contribution in [0.5, 0.6) is 0 Å². The first kappa shape index (κ1) is 16.2. The first-order valence-electron chi connectivity index (χ1n) is 7.25. The van der Waals surface area contributed by atoms with E-state index in [-0.39, 0.29) is 11.2 Å². The summed E-state index contributed by atoms with van der Waals surface area (Å²) in [7, 11) is 0. The second-order valence-electron chi connectivity index (χ2n) is 6.44. The van der Waals surface area contributed by atoms with E-state index in [9.17, 15) is 10.2 Å². The number of thiocarbonyl (C=S) groups is 1. The lowest BCUT2D eigenvalue weighted by Crippen LogP contribution is -2.34. The Hall–Kier alpha value is -1.68. The third kappa shape index (κ3) is 2.80. The molecule has 0 unspecified atom stereocenters. The number of anilines is 1. The molecule has 1 aliphatic heterocycles. The Labute approximate surface area is 138 Å². The lowest BCUT2D eigenvalue weighted by molar-refractivity contribution is -0.0423. The number of hydrogen-bond donors (Lipinski definition) is 3. The van der Waals surface area contributed by atoms with E-state index in [0.717, 1.165) is 0 Å². The molecule has 0 bridgehead atoms. The predicted molar refractivity (Wildman–Crippen MR) is 87.7 cm³/mol.